The molecule has 0 unspecified atom stereocenters. The van der Waals surface area contributed by atoms with Crippen LogP contribution < -0.4 is 9.47 Å². The Labute approximate surface area is 88.1 Å². The minimum absolute atomic E-state index is 0.0531. The van der Waals surface area contributed by atoms with Crippen LogP contribution in [0.25, 0.3) is 0 Å². The summed E-state index contributed by atoms with van der Waals surface area (Å²) in [4.78, 5) is 13.8. The van der Waals surface area contributed by atoms with Crippen LogP contribution in [0.2, 0.25) is 0 Å². The van der Waals surface area contributed by atoms with Crippen LogP contribution in [-0.2, 0) is 0 Å². The Kier molecular flexibility index (Phi) is 3.23. The average Bonchev–Trinajstić information content (AvgIpc) is 2.16. The summed E-state index contributed by atoms with van der Waals surface area (Å²) in [7, 11) is 2.71. The second kappa shape index (κ2) is 4.23. The zero-order valence-electron chi connectivity index (χ0n) is 7.48. The number of pyridine rings is 1. The Hall–Kier alpha value is -1.37. The van der Waals surface area contributed by atoms with Gasteiger partial charge in [-0.3, -0.25) is 10.1 Å². The topological polar surface area (TPSA) is 74.5 Å². The maximum Gasteiger partial charge on any atom is 0.334 e. The maximum absolute atomic E-state index is 10.6. The largest absolute Gasteiger partial charge is 0.494 e. The quantitative estimate of drug-likeness (QED) is 0.472. The molecule has 1 rings (SSSR count). The smallest absolute Gasteiger partial charge is 0.334 e. The van der Waals surface area contributed by atoms with E-state index in [2.05, 4.69) is 20.9 Å². The number of nitrogens with zero attached hydrogens (tertiary/aromatic N) is 2. The maximum atomic E-state index is 10.6. The molecule has 1 aromatic heterocycles. The molecule has 14 heavy (non-hydrogen) atoms. The fourth-order valence-electron chi connectivity index (χ4n) is 0.871. The van der Waals surface area contributed by atoms with Gasteiger partial charge in [0.2, 0.25) is 0 Å². The van der Waals surface area contributed by atoms with Crippen LogP contribution >= 0.6 is 15.9 Å². The zero-order chi connectivity index (χ0) is 10.7. The van der Waals surface area contributed by atoms with Gasteiger partial charge in [-0.1, -0.05) is 0 Å². The molecule has 1 heterocycles. The van der Waals surface area contributed by atoms with Crippen molar-refractivity contribution in [2.24, 2.45) is 0 Å². The van der Waals surface area contributed by atoms with Gasteiger partial charge in [0, 0.05) is 0 Å². The standard InChI is InChI=1S/C7H7BrN2O4/c1-13-5-3-4(10(11)12)7(14-2)9-6(5)8/h3H,1-2H3. The van der Waals surface area contributed by atoms with E-state index in [4.69, 9.17) is 9.47 Å². The van der Waals surface area contributed by atoms with Crippen molar-refractivity contribution in [2.45, 2.75) is 0 Å². The number of aromatic nitrogens is 1. The van der Waals surface area contributed by atoms with Crippen LogP contribution in [0.15, 0.2) is 10.7 Å². The third-order valence-electron chi connectivity index (χ3n) is 1.50. The molecular formula is C7H7BrN2O4. The normalized spacial score (nSPS) is 9.64. The van der Waals surface area contributed by atoms with E-state index >= 15 is 0 Å². The second-order valence-corrected chi connectivity index (χ2v) is 3.02. The molecule has 0 saturated heterocycles. The molecule has 0 fully saturated rings. The van der Waals surface area contributed by atoms with Crippen LogP contribution in [0.3, 0.4) is 0 Å². The lowest BCUT2D eigenvalue weighted by molar-refractivity contribution is -0.386. The van der Waals surface area contributed by atoms with Crippen molar-refractivity contribution in [3.63, 3.8) is 0 Å². The van der Waals surface area contributed by atoms with Crippen molar-refractivity contribution in [3.8, 4) is 11.6 Å². The number of hydrogen-bond acceptors (Lipinski definition) is 5. The van der Waals surface area contributed by atoms with Crippen molar-refractivity contribution in [2.75, 3.05) is 14.2 Å². The molecule has 76 valence electrons. The first-order valence-electron chi connectivity index (χ1n) is 3.53. The molecule has 0 bridgehead atoms. The van der Waals surface area contributed by atoms with Crippen molar-refractivity contribution in [1.29, 1.82) is 0 Å². The fraction of sp³-hybridized carbons (Fsp3) is 0.286. The highest BCUT2D eigenvalue weighted by atomic mass is 79.9. The monoisotopic (exact) mass is 262 g/mol. The zero-order valence-corrected chi connectivity index (χ0v) is 9.07. The third kappa shape index (κ3) is 1.92. The third-order valence-corrected chi connectivity index (χ3v) is 2.07. The van der Waals surface area contributed by atoms with E-state index in [1.165, 1.54) is 20.3 Å². The molecule has 0 radical (unpaired) electrons. The van der Waals surface area contributed by atoms with Gasteiger partial charge in [0.05, 0.1) is 25.2 Å². The summed E-state index contributed by atoms with van der Waals surface area (Å²) in [6.45, 7) is 0. The van der Waals surface area contributed by atoms with Gasteiger partial charge < -0.3 is 9.47 Å². The van der Waals surface area contributed by atoms with Crippen LogP contribution in [0.4, 0.5) is 5.69 Å². The van der Waals surface area contributed by atoms with Gasteiger partial charge in [0.25, 0.3) is 5.88 Å². The lowest BCUT2D eigenvalue weighted by atomic mass is 10.4. The number of halogens is 1. The number of hydrogen-bond donors (Lipinski definition) is 0. The molecule has 0 atom stereocenters. The van der Waals surface area contributed by atoms with E-state index in [1.807, 2.05) is 0 Å². The highest BCUT2D eigenvalue weighted by Crippen LogP contribution is 2.33. The molecular weight excluding hydrogens is 256 g/mol. The van der Waals surface area contributed by atoms with Gasteiger partial charge in [-0.2, -0.15) is 4.98 Å². The molecule has 1 aromatic rings. The molecule has 0 amide bonds. The summed E-state index contributed by atoms with van der Waals surface area (Å²) in [6.07, 6.45) is 0. The Morgan fingerprint density at radius 3 is 2.57 bits per heavy atom. The molecule has 0 aliphatic carbocycles. The molecule has 0 aromatic carbocycles. The van der Waals surface area contributed by atoms with Gasteiger partial charge in [0.15, 0.2) is 10.4 Å². The summed E-state index contributed by atoms with van der Waals surface area (Å²) < 4.78 is 9.98. The Balaban J connectivity index is 3.32. The highest BCUT2D eigenvalue weighted by molar-refractivity contribution is 9.10. The van der Waals surface area contributed by atoms with E-state index in [-0.39, 0.29) is 17.3 Å². The van der Waals surface area contributed by atoms with Gasteiger partial charge in [-0.25, -0.2) is 0 Å². The van der Waals surface area contributed by atoms with Crippen LogP contribution in [0.5, 0.6) is 11.6 Å². The summed E-state index contributed by atoms with van der Waals surface area (Å²) in [6, 6.07) is 1.25. The van der Waals surface area contributed by atoms with Crippen LogP contribution in [0.1, 0.15) is 0 Å². The first-order valence-corrected chi connectivity index (χ1v) is 4.32. The van der Waals surface area contributed by atoms with Crippen molar-refractivity contribution in [3.05, 3.63) is 20.8 Å². The number of ether oxygens (including phenoxy) is 2. The Bertz CT molecular complexity index is 369. The summed E-state index contributed by atoms with van der Waals surface area (Å²) >= 11 is 3.09. The lowest BCUT2D eigenvalue weighted by Gasteiger charge is -2.04. The molecule has 0 saturated carbocycles. The van der Waals surface area contributed by atoms with E-state index in [0.717, 1.165) is 0 Å². The van der Waals surface area contributed by atoms with E-state index < -0.39 is 4.92 Å². The fourth-order valence-corrected chi connectivity index (χ4v) is 1.31. The molecule has 0 N–H and O–H groups in total. The van der Waals surface area contributed by atoms with E-state index in [1.54, 1.807) is 0 Å². The predicted molar refractivity (Wildman–Crippen MR) is 51.7 cm³/mol. The first-order chi connectivity index (χ1) is 6.60. The highest BCUT2D eigenvalue weighted by Gasteiger charge is 2.20. The van der Waals surface area contributed by atoms with Gasteiger partial charge in [-0.15, -0.1) is 0 Å². The number of nitro groups is 1. The molecule has 7 heteroatoms. The summed E-state index contributed by atoms with van der Waals surface area (Å²) in [5.41, 5.74) is -0.229. The summed E-state index contributed by atoms with van der Waals surface area (Å²) in [5.74, 6) is 0.236. The first kappa shape index (κ1) is 10.7. The summed E-state index contributed by atoms with van der Waals surface area (Å²) in [5, 5.41) is 10.6. The SMILES string of the molecule is COc1cc([N+](=O)[O-])c(OC)nc1Br. The molecule has 0 spiro atoms. The predicted octanol–water partition coefficient (Wildman–Crippen LogP) is 1.77. The number of methoxy groups -OCH3 is 2. The minimum Gasteiger partial charge on any atom is -0.494 e. The number of rotatable bonds is 3. The molecule has 0 aliphatic heterocycles. The van der Waals surface area contributed by atoms with Crippen LogP contribution in [-0.4, -0.2) is 24.1 Å². The van der Waals surface area contributed by atoms with Crippen molar-refractivity contribution in [1.82, 2.24) is 4.98 Å². The van der Waals surface area contributed by atoms with E-state index in [0.29, 0.717) is 4.60 Å². The van der Waals surface area contributed by atoms with Gasteiger partial charge in [0.1, 0.15) is 0 Å². The van der Waals surface area contributed by atoms with Crippen molar-refractivity contribution >= 4 is 21.6 Å². The Morgan fingerprint density at radius 2 is 2.14 bits per heavy atom. The van der Waals surface area contributed by atoms with Crippen LogP contribution in [0, 0.1) is 10.1 Å². The van der Waals surface area contributed by atoms with Crippen molar-refractivity contribution < 1.29 is 14.4 Å². The lowest BCUT2D eigenvalue weighted by Crippen LogP contribution is -1.98. The van der Waals surface area contributed by atoms with Gasteiger partial charge >= 0.3 is 5.69 Å². The second-order valence-electron chi connectivity index (χ2n) is 2.27. The molecule has 0 aliphatic rings. The average molecular weight is 263 g/mol. The minimum atomic E-state index is -0.583. The Morgan fingerprint density at radius 1 is 1.50 bits per heavy atom. The van der Waals surface area contributed by atoms with Gasteiger partial charge in [-0.05, 0) is 15.9 Å². The molecule has 6 nitrogen and oxygen atoms in total. The van der Waals surface area contributed by atoms with E-state index in [9.17, 15) is 10.1 Å².